The van der Waals surface area contributed by atoms with Crippen molar-refractivity contribution < 1.29 is 4.84 Å². The van der Waals surface area contributed by atoms with E-state index in [9.17, 15) is 0 Å². The van der Waals surface area contributed by atoms with Crippen molar-refractivity contribution in [3.05, 3.63) is 47.4 Å². The van der Waals surface area contributed by atoms with E-state index in [1.807, 2.05) is 29.5 Å². The van der Waals surface area contributed by atoms with Crippen LogP contribution in [0, 0.1) is 13.8 Å². The first kappa shape index (κ1) is 14.0. The van der Waals surface area contributed by atoms with Crippen molar-refractivity contribution in [1.29, 1.82) is 0 Å². The van der Waals surface area contributed by atoms with Gasteiger partial charge in [-0.15, -0.1) is 0 Å². The molecule has 0 unspecified atom stereocenters. The molecule has 3 heterocycles. The molecule has 1 aliphatic heterocycles. The average molecular weight is 309 g/mol. The van der Waals surface area contributed by atoms with Gasteiger partial charge in [0, 0.05) is 30.1 Å². The molecule has 1 aliphatic rings. The minimum absolute atomic E-state index is 0.0348. The van der Waals surface area contributed by atoms with Crippen LogP contribution in [0.4, 0.5) is 0 Å². The van der Waals surface area contributed by atoms with Gasteiger partial charge in [0.25, 0.3) is 0 Å². The van der Waals surface area contributed by atoms with Gasteiger partial charge in [0.15, 0.2) is 6.10 Å². The molecule has 3 aromatic rings. The van der Waals surface area contributed by atoms with Gasteiger partial charge >= 0.3 is 0 Å². The number of benzene rings is 1. The Bertz CT molecular complexity index is 905. The lowest BCUT2D eigenvalue weighted by Crippen LogP contribution is -2.18. The van der Waals surface area contributed by atoms with Crippen molar-refractivity contribution in [3.63, 3.8) is 0 Å². The first-order chi connectivity index (χ1) is 11.1. The summed E-state index contributed by atoms with van der Waals surface area (Å²) in [6, 6.07) is 8.36. The first-order valence-electron chi connectivity index (χ1n) is 7.76. The Morgan fingerprint density at radius 3 is 2.91 bits per heavy atom. The average Bonchev–Trinajstić information content (AvgIpc) is 3.21. The molecular weight excluding hydrogens is 290 g/mol. The van der Waals surface area contributed by atoms with Crippen LogP contribution >= 0.6 is 0 Å². The lowest BCUT2D eigenvalue weighted by Gasteiger charge is -2.09. The summed E-state index contributed by atoms with van der Waals surface area (Å²) in [5.41, 5.74) is 5.39. The summed E-state index contributed by atoms with van der Waals surface area (Å²) in [5.74, 6) is 0. The molecule has 0 spiro atoms. The predicted octanol–water partition coefficient (Wildman–Crippen LogP) is 2.58. The van der Waals surface area contributed by atoms with Crippen molar-refractivity contribution >= 4 is 16.6 Å². The quantitative estimate of drug-likeness (QED) is 0.747. The normalized spacial score (nSPS) is 17.5. The summed E-state index contributed by atoms with van der Waals surface area (Å²) < 4.78 is 3.86. The van der Waals surface area contributed by atoms with Crippen molar-refractivity contribution in [3.8, 4) is 0 Å². The van der Waals surface area contributed by atoms with E-state index in [0.717, 1.165) is 46.5 Å². The van der Waals surface area contributed by atoms with E-state index < -0.39 is 0 Å². The van der Waals surface area contributed by atoms with Gasteiger partial charge in [-0.05, 0) is 32.0 Å². The minimum atomic E-state index is 0.0348. The first-order valence-corrected chi connectivity index (χ1v) is 7.76. The molecule has 0 N–H and O–H groups in total. The Labute approximate surface area is 134 Å². The van der Waals surface area contributed by atoms with E-state index in [-0.39, 0.29) is 6.10 Å². The van der Waals surface area contributed by atoms with Crippen molar-refractivity contribution in [2.75, 3.05) is 0 Å². The molecule has 1 aromatic carbocycles. The lowest BCUT2D eigenvalue weighted by atomic mass is 10.0. The number of nitrogens with zero attached hydrogens (tertiary/aromatic N) is 5. The topological polar surface area (TPSA) is 57.2 Å². The van der Waals surface area contributed by atoms with E-state index in [1.165, 1.54) is 0 Å². The molecule has 1 atom stereocenters. The summed E-state index contributed by atoms with van der Waals surface area (Å²) in [5, 5.41) is 14.2. The molecule has 2 aromatic heterocycles. The molecule has 0 bridgehead atoms. The molecule has 0 aliphatic carbocycles. The van der Waals surface area contributed by atoms with Crippen LogP contribution in [0.1, 0.15) is 23.4 Å². The highest BCUT2D eigenvalue weighted by Crippen LogP contribution is 2.22. The maximum absolute atomic E-state index is 5.61. The highest BCUT2D eigenvalue weighted by molar-refractivity contribution is 6.03. The fourth-order valence-electron chi connectivity index (χ4n) is 3.09. The summed E-state index contributed by atoms with van der Waals surface area (Å²) in [6.45, 7) is 4.79. The molecule has 0 amide bonds. The molecule has 0 saturated heterocycles. The number of hydrogen-bond donors (Lipinski definition) is 0. The zero-order chi connectivity index (χ0) is 16.0. The van der Waals surface area contributed by atoms with Crippen molar-refractivity contribution in [2.45, 2.75) is 32.9 Å². The van der Waals surface area contributed by atoms with Gasteiger partial charge < -0.3 is 4.84 Å². The summed E-state index contributed by atoms with van der Waals surface area (Å²) in [4.78, 5) is 5.61. The highest BCUT2D eigenvalue weighted by Gasteiger charge is 2.23. The van der Waals surface area contributed by atoms with Crippen LogP contribution in [0.5, 0.6) is 0 Å². The Kier molecular flexibility index (Phi) is 3.18. The van der Waals surface area contributed by atoms with Crippen LogP contribution < -0.4 is 0 Å². The number of hydrogen-bond acceptors (Lipinski definition) is 4. The van der Waals surface area contributed by atoms with Gasteiger partial charge in [-0.3, -0.25) is 9.36 Å². The monoisotopic (exact) mass is 309 g/mol. The maximum atomic E-state index is 5.61. The summed E-state index contributed by atoms with van der Waals surface area (Å²) in [7, 11) is 1.95. The third-order valence-electron chi connectivity index (χ3n) is 4.29. The SMILES string of the molecule is Cc1cc(C)n(C[C@H]2CC(c3ccc4c(cnn4C)c3)=NO2)n1. The van der Waals surface area contributed by atoms with Crippen LogP contribution in [0.25, 0.3) is 10.9 Å². The summed E-state index contributed by atoms with van der Waals surface area (Å²) >= 11 is 0. The number of aryl methyl sites for hydroxylation is 3. The van der Waals surface area contributed by atoms with Crippen molar-refractivity contribution in [1.82, 2.24) is 19.6 Å². The molecule has 6 heteroatoms. The van der Waals surface area contributed by atoms with E-state index in [4.69, 9.17) is 4.84 Å². The highest BCUT2D eigenvalue weighted by atomic mass is 16.6. The molecule has 6 nitrogen and oxygen atoms in total. The number of oxime groups is 1. The Balaban J connectivity index is 1.51. The van der Waals surface area contributed by atoms with E-state index in [2.05, 4.69) is 46.5 Å². The number of aromatic nitrogens is 4. The van der Waals surface area contributed by atoms with Gasteiger partial charge in [0.1, 0.15) is 0 Å². The van der Waals surface area contributed by atoms with Gasteiger partial charge in [0.2, 0.25) is 0 Å². The second-order valence-electron chi connectivity index (χ2n) is 6.12. The fourth-order valence-corrected chi connectivity index (χ4v) is 3.09. The third-order valence-corrected chi connectivity index (χ3v) is 4.29. The van der Waals surface area contributed by atoms with E-state index in [1.54, 1.807) is 0 Å². The van der Waals surface area contributed by atoms with E-state index in [0.29, 0.717) is 0 Å². The molecule has 4 rings (SSSR count). The zero-order valence-electron chi connectivity index (χ0n) is 13.5. The number of fused-ring (bicyclic) bond motifs is 1. The van der Waals surface area contributed by atoms with Gasteiger partial charge in [-0.2, -0.15) is 10.2 Å². The van der Waals surface area contributed by atoms with Crippen LogP contribution in [0.15, 0.2) is 35.6 Å². The largest absolute Gasteiger partial charge is 0.390 e. The molecular formula is C17H19N5O. The van der Waals surface area contributed by atoms with E-state index >= 15 is 0 Å². The van der Waals surface area contributed by atoms with Crippen molar-refractivity contribution in [2.24, 2.45) is 12.2 Å². The lowest BCUT2D eigenvalue weighted by molar-refractivity contribution is 0.0692. The van der Waals surface area contributed by atoms with Crippen LogP contribution in [-0.4, -0.2) is 31.4 Å². The Morgan fingerprint density at radius 1 is 1.26 bits per heavy atom. The Morgan fingerprint density at radius 2 is 2.13 bits per heavy atom. The standard InChI is InChI=1S/C17H19N5O/c1-11-6-12(2)22(19-11)10-15-8-16(20-23-15)13-4-5-17-14(7-13)9-18-21(17)3/h4-7,9,15H,8,10H2,1-3H3/t15-/m1/s1. The second kappa shape index (κ2) is 5.22. The van der Waals surface area contributed by atoms with Gasteiger partial charge in [0.05, 0.1) is 29.7 Å². The van der Waals surface area contributed by atoms with Crippen LogP contribution in [-0.2, 0) is 18.4 Å². The molecule has 23 heavy (non-hydrogen) atoms. The van der Waals surface area contributed by atoms with Gasteiger partial charge in [-0.25, -0.2) is 0 Å². The summed E-state index contributed by atoms with van der Waals surface area (Å²) in [6.07, 6.45) is 2.71. The molecule has 0 radical (unpaired) electrons. The number of rotatable bonds is 3. The van der Waals surface area contributed by atoms with Crippen LogP contribution in [0.3, 0.4) is 0 Å². The Hall–Kier alpha value is -2.63. The molecule has 0 fully saturated rings. The second-order valence-corrected chi connectivity index (χ2v) is 6.12. The maximum Gasteiger partial charge on any atom is 0.152 e. The smallest absolute Gasteiger partial charge is 0.152 e. The predicted molar refractivity (Wildman–Crippen MR) is 88.4 cm³/mol. The third kappa shape index (κ3) is 2.50. The van der Waals surface area contributed by atoms with Crippen LogP contribution in [0.2, 0.25) is 0 Å². The zero-order valence-corrected chi connectivity index (χ0v) is 13.5. The minimum Gasteiger partial charge on any atom is -0.390 e. The van der Waals surface area contributed by atoms with Gasteiger partial charge in [-0.1, -0.05) is 11.2 Å². The molecule has 0 saturated carbocycles. The fraction of sp³-hybridized carbons (Fsp3) is 0.353. The molecule has 118 valence electrons.